The fourth-order valence-corrected chi connectivity index (χ4v) is 3.67. The molecule has 0 aliphatic carbocycles. The van der Waals surface area contributed by atoms with E-state index in [9.17, 15) is 4.79 Å². The molecule has 0 aliphatic heterocycles. The maximum Gasteiger partial charge on any atom is 0.226 e. The molecular formula is C26H33N5O. The lowest BCUT2D eigenvalue weighted by Crippen LogP contribution is -2.29. The number of amides is 1. The summed E-state index contributed by atoms with van der Waals surface area (Å²) in [6, 6.07) is 20.4. The van der Waals surface area contributed by atoms with Crippen LogP contribution in [-0.2, 0) is 4.79 Å². The maximum absolute atomic E-state index is 12.9. The van der Waals surface area contributed by atoms with Crippen molar-refractivity contribution in [2.45, 2.75) is 40.0 Å². The first-order valence-electron chi connectivity index (χ1n) is 11.4. The number of benzene rings is 2. The highest BCUT2D eigenvalue weighted by molar-refractivity contribution is 5.94. The molecule has 6 heteroatoms. The third kappa shape index (κ3) is 6.30. The Bertz CT molecular complexity index is 978. The van der Waals surface area contributed by atoms with Gasteiger partial charge in [0.2, 0.25) is 5.91 Å². The molecule has 1 amide bonds. The van der Waals surface area contributed by atoms with Gasteiger partial charge in [-0.3, -0.25) is 4.79 Å². The highest BCUT2D eigenvalue weighted by atomic mass is 16.1. The van der Waals surface area contributed by atoms with Gasteiger partial charge in [0, 0.05) is 37.4 Å². The zero-order chi connectivity index (χ0) is 22.8. The summed E-state index contributed by atoms with van der Waals surface area (Å²) in [4.78, 5) is 26.3. The van der Waals surface area contributed by atoms with E-state index in [1.165, 1.54) is 0 Å². The van der Waals surface area contributed by atoms with Crippen LogP contribution in [-0.4, -0.2) is 35.5 Å². The van der Waals surface area contributed by atoms with Crippen molar-refractivity contribution in [3.63, 3.8) is 0 Å². The minimum atomic E-state index is -0.0414. The molecule has 3 rings (SSSR count). The summed E-state index contributed by atoms with van der Waals surface area (Å²) < 4.78 is 0. The van der Waals surface area contributed by atoms with Crippen molar-refractivity contribution >= 4 is 28.8 Å². The highest BCUT2D eigenvalue weighted by Crippen LogP contribution is 2.30. The monoisotopic (exact) mass is 431 g/mol. The quantitative estimate of drug-likeness (QED) is 0.429. The number of nitrogens with zero attached hydrogens (tertiary/aromatic N) is 4. The number of nitrogens with one attached hydrogen (secondary N) is 1. The first-order valence-corrected chi connectivity index (χ1v) is 11.4. The Hall–Kier alpha value is -3.41. The van der Waals surface area contributed by atoms with Gasteiger partial charge in [-0.2, -0.15) is 0 Å². The summed E-state index contributed by atoms with van der Waals surface area (Å²) in [5, 5.41) is 3.06. The molecule has 32 heavy (non-hydrogen) atoms. The van der Waals surface area contributed by atoms with Crippen LogP contribution in [0.1, 0.15) is 38.9 Å². The smallest absolute Gasteiger partial charge is 0.226 e. The van der Waals surface area contributed by atoms with Crippen molar-refractivity contribution in [2.75, 3.05) is 34.8 Å². The van der Waals surface area contributed by atoms with Crippen molar-refractivity contribution in [3.05, 3.63) is 72.7 Å². The van der Waals surface area contributed by atoms with Gasteiger partial charge >= 0.3 is 0 Å². The highest BCUT2D eigenvalue weighted by Gasteiger charge is 2.18. The normalized spacial score (nSPS) is 10.6. The summed E-state index contributed by atoms with van der Waals surface area (Å²) >= 11 is 0. The Morgan fingerprint density at radius 2 is 1.50 bits per heavy atom. The second kappa shape index (κ2) is 11.8. The predicted molar refractivity (Wildman–Crippen MR) is 133 cm³/mol. The van der Waals surface area contributed by atoms with Crippen molar-refractivity contribution in [3.8, 4) is 0 Å². The van der Waals surface area contributed by atoms with Crippen molar-refractivity contribution in [1.82, 2.24) is 9.97 Å². The first-order chi connectivity index (χ1) is 15.6. The van der Waals surface area contributed by atoms with Crippen LogP contribution in [0.4, 0.5) is 22.9 Å². The van der Waals surface area contributed by atoms with Gasteiger partial charge in [-0.15, -0.1) is 0 Å². The third-order valence-corrected chi connectivity index (χ3v) is 5.16. The van der Waals surface area contributed by atoms with Crippen molar-refractivity contribution < 1.29 is 4.79 Å². The number of carbonyl (C=O) groups is 1. The van der Waals surface area contributed by atoms with Gasteiger partial charge in [0.25, 0.3) is 0 Å². The van der Waals surface area contributed by atoms with Crippen LogP contribution in [0, 0.1) is 6.92 Å². The van der Waals surface area contributed by atoms with Crippen LogP contribution in [0.2, 0.25) is 0 Å². The Kier molecular flexibility index (Phi) is 8.61. The SMILES string of the molecule is CCCN(CCC(=O)Nc1cnc(C)nc1N(CCC)c1ccccc1)c1ccccc1. The topological polar surface area (TPSA) is 61.4 Å². The molecular weight excluding hydrogens is 398 g/mol. The Morgan fingerprint density at radius 1 is 0.875 bits per heavy atom. The predicted octanol–water partition coefficient (Wildman–Crippen LogP) is 5.58. The lowest BCUT2D eigenvalue weighted by molar-refractivity contribution is -0.116. The molecule has 2 aromatic carbocycles. The molecule has 0 spiro atoms. The second-order valence-corrected chi connectivity index (χ2v) is 7.76. The van der Waals surface area contributed by atoms with E-state index in [2.05, 4.69) is 63.2 Å². The molecule has 168 valence electrons. The van der Waals surface area contributed by atoms with E-state index >= 15 is 0 Å². The third-order valence-electron chi connectivity index (χ3n) is 5.16. The van der Waals surface area contributed by atoms with Gasteiger partial charge in [-0.25, -0.2) is 9.97 Å². The number of aryl methyl sites for hydroxylation is 1. The van der Waals surface area contributed by atoms with Gasteiger partial charge in [0.1, 0.15) is 11.5 Å². The molecule has 0 saturated carbocycles. The Labute approximate surface area is 191 Å². The molecule has 0 saturated heterocycles. The van der Waals surface area contributed by atoms with Gasteiger partial charge in [0.15, 0.2) is 5.82 Å². The second-order valence-electron chi connectivity index (χ2n) is 7.76. The van der Waals surface area contributed by atoms with E-state index < -0.39 is 0 Å². The number of carbonyl (C=O) groups excluding carboxylic acids is 1. The minimum Gasteiger partial charge on any atom is -0.371 e. The molecule has 0 aliphatic rings. The molecule has 0 unspecified atom stereocenters. The molecule has 3 aromatic rings. The average Bonchev–Trinajstić information content (AvgIpc) is 2.82. The fourth-order valence-electron chi connectivity index (χ4n) is 3.67. The fraction of sp³-hybridized carbons (Fsp3) is 0.346. The van der Waals surface area contributed by atoms with Crippen LogP contribution in [0.5, 0.6) is 0 Å². The van der Waals surface area contributed by atoms with E-state index in [0.29, 0.717) is 24.5 Å². The molecule has 0 fully saturated rings. The maximum atomic E-state index is 12.9. The van der Waals surface area contributed by atoms with E-state index in [-0.39, 0.29) is 5.91 Å². The summed E-state index contributed by atoms with van der Waals surface area (Å²) in [5.74, 6) is 1.36. The number of hydrogen-bond donors (Lipinski definition) is 1. The van der Waals surface area contributed by atoms with Crippen LogP contribution in [0.3, 0.4) is 0 Å². The van der Waals surface area contributed by atoms with E-state index in [1.807, 2.05) is 43.3 Å². The van der Waals surface area contributed by atoms with Crippen molar-refractivity contribution in [2.24, 2.45) is 0 Å². The number of anilines is 4. The van der Waals surface area contributed by atoms with E-state index in [4.69, 9.17) is 0 Å². The number of hydrogen-bond acceptors (Lipinski definition) is 5. The Balaban J connectivity index is 1.76. The molecule has 1 aromatic heterocycles. The summed E-state index contributed by atoms with van der Waals surface area (Å²) in [6.45, 7) is 8.51. The number of para-hydroxylation sites is 2. The average molecular weight is 432 g/mol. The minimum absolute atomic E-state index is 0.0414. The van der Waals surface area contributed by atoms with Gasteiger partial charge in [-0.05, 0) is 44.0 Å². The standard InChI is InChI=1S/C26H33N5O/c1-4-17-30(22-12-8-6-9-13-22)19-16-25(32)29-24-20-27-21(3)28-26(24)31(18-5-2)23-14-10-7-11-15-23/h6-15,20H,4-5,16-19H2,1-3H3,(H,29,32). The Morgan fingerprint density at radius 3 is 2.12 bits per heavy atom. The zero-order valence-corrected chi connectivity index (χ0v) is 19.3. The molecule has 1 N–H and O–H groups in total. The largest absolute Gasteiger partial charge is 0.371 e. The molecule has 0 bridgehead atoms. The molecule has 0 radical (unpaired) electrons. The first kappa shape index (κ1) is 23.3. The van der Waals surface area contributed by atoms with Gasteiger partial charge < -0.3 is 15.1 Å². The van der Waals surface area contributed by atoms with Crippen molar-refractivity contribution in [1.29, 1.82) is 0 Å². The summed E-state index contributed by atoms with van der Waals surface area (Å²) in [6.07, 6.45) is 4.08. The summed E-state index contributed by atoms with van der Waals surface area (Å²) in [5.41, 5.74) is 2.82. The lowest BCUT2D eigenvalue weighted by atomic mass is 10.2. The number of aromatic nitrogens is 2. The van der Waals surface area contributed by atoms with Gasteiger partial charge in [0.05, 0.1) is 6.20 Å². The van der Waals surface area contributed by atoms with Gasteiger partial charge in [-0.1, -0.05) is 50.2 Å². The number of rotatable bonds is 11. The van der Waals surface area contributed by atoms with Crippen LogP contribution >= 0.6 is 0 Å². The zero-order valence-electron chi connectivity index (χ0n) is 19.3. The molecule has 1 heterocycles. The van der Waals surface area contributed by atoms with Crippen LogP contribution in [0.25, 0.3) is 0 Å². The molecule has 6 nitrogen and oxygen atoms in total. The summed E-state index contributed by atoms with van der Waals surface area (Å²) in [7, 11) is 0. The van der Waals surface area contributed by atoms with Crippen LogP contribution < -0.4 is 15.1 Å². The van der Waals surface area contributed by atoms with E-state index in [1.54, 1.807) is 6.20 Å². The molecule has 0 atom stereocenters. The van der Waals surface area contributed by atoms with E-state index in [0.717, 1.165) is 43.1 Å². The van der Waals surface area contributed by atoms with Crippen LogP contribution in [0.15, 0.2) is 66.9 Å². The lowest BCUT2D eigenvalue weighted by Gasteiger charge is -2.26.